The Kier molecular flexibility index (Phi) is 5.33. The maximum Gasteiger partial charge on any atom is 0.222 e. The summed E-state index contributed by atoms with van der Waals surface area (Å²) in [6, 6.07) is 3.74. The molecule has 1 N–H and O–H groups in total. The number of methoxy groups -OCH3 is 1. The van der Waals surface area contributed by atoms with E-state index < -0.39 is 0 Å². The molecular weight excluding hydrogens is 392 g/mol. The summed E-state index contributed by atoms with van der Waals surface area (Å²) in [5, 5.41) is 4.48. The van der Waals surface area contributed by atoms with E-state index in [2.05, 4.69) is 10.3 Å². The molecule has 1 atom stereocenters. The molecule has 4 rings (SSSR count). The molecule has 3 aromatic heterocycles. The Morgan fingerprint density at radius 1 is 1.45 bits per heavy atom. The number of nitrogens with one attached hydrogen (secondary N) is 1. The van der Waals surface area contributed by atoms with Gasteiger partial charge in [0.1, 0.15) is 23.1 Å². The Morgan fingerprint density at radius 2 is 2.28 bits per heavy atom. The van der Waals surface area contributed by atoms with Gasteiger partial charge in [0.05, 0.1) is 18.3 Å². The maximum absolute atomic E-state index is 11.5. The zero-order chi connectivity index (χ0) is 20.5. The molecule has 9 heteroatoms. The van der Waals surface area contributed by atoms with Crippen LogP contribution in [0.5, 0.6) is 11.5 Å². The Morgan fingerprint density at radius 3 is 3.00 bits per heavy atom. The van der Waals surface area contributed by atoms with Crippen LogP contribution >= 0.6 is 11.8 Å². The lowest BCUT2D eigenvalue weighted by molar-refractivity contribution is -0.114. The van der Waals surface area contributed by atoms with Crippen LogP contribution in [0, 0.1) is 0 Å². The number of hydrogen-bond acceptors (Lipinski definition) is 7. The highest BCUT2D eigenvalue weighted by molar-refractivity contribution is 7.98. The Labute approximate surface area is 172 Å². The standard InChI is InChI=1S/C20H22N4O4S/c1-11(25)22-17-5-13-14(8-24(2)15(13)7-21-17)19-20-16(6-18(23-19)29-4)28-12(9-26-3)10-27-20/h5-8,12H,9-10H2,1-4H3,(H,21,22,25). The number of aromatic nitrogens is 3. The number of aryl methyl sites for hydroxylation is 1. The molecule has 152 valence electrons. The molecule has 1 aliphatic rings. The average Bonchev–Trinajstić information content (AvgIpc) is 3.02. The lowest BCUT2D eigenvalue weighted by Crippen LogP contribution is -2.33. The van der Waals surface area contributed by atoms with Crippen molar-refractivity contribution < 1.29 is 19.0 Å². The maximum atomic E-state index is 11.5. The van der Waals surface area contributed by atoms with Crippen LogP contribution in [0.15, 0.2) is 29.6 Å². The highest BCUT2D eigenvalue weighted by Crippen LogP contribution is 2.44. The number of rotatable bonds is 5. The van der Waals surface area contributed by atoms with Crippen molar-refractivity contribution in [3.8, 4) is 22.8 Å². The first-order valence-electron chi connectivity index (χ1n) is 9.10. The molecule has 1 unspecified atom stereocenters. The van der Waals surface area contributed by atoms with Crippen molar-refractivity contribution in [2.45, 2.75) is 18.1 Å². The van der Waals surface area contributed by atoms with Crippen LogP contribution in [0.4, 0.5) is 5.82 Å². The van der Waals surface area contributed by atoms with Gasteiger partial charge in [-0.1, -0.05) is 0 Å². The van der Waals surface area contributed by atoms with E-state index >= 15 is 0 Å². The van der Waals surface area contributed by atoms with Crippen LogP contribution in [0.3, 0.4) is 0 Å². The van der Waals surface area contributed by atoms with Crippen LogP contribution in [0.1, 0.15) is 6.92 Å². The molecule has 0 radical (unpaired) electrons. The second-order valence-electron chi connectivity index (χ2n) is 6.77. The summed E-state index contributed by atoms with van der Waals surface area (Å²) in [4.78, 5) is 20.6. The number of fused-ring (bicyclic) bond motifs is 2. The van der Waals surface area contributed by atoms with Crippen LogP contribution in [0.2, 0.25) is 0 Å². The predicted octanol–water partition coefficient (Wildman–Crippen LogP) is 3.10. The smallest absolute Gasteiger partial charge is 0.222 e. The second kappa shape index (κ2) is 7.92. The molecule has 0 aliphatic carbocycles. The third-order valence-corrected chi connectivity index (χ3v) is 5.25. The lowest BCUT2D eigenvalue weighted by Gasteiger charge is -2.27. The van der Waals surface area contributed by atoms with E-state index in [1.165, 1.54) is 18.7 Å². The normalized spacial score (nSPS) is 15.5. The van der Waals surface area contributed by atoms with Gasteiger partial charge in [-0.3, -0.25) is 4.79 Å². The molecule has 0 saturated heterocycles. The molecule has 1 aliphatic heterocycles. The van der Waals surface area contributed by atoms with Gasteiger partial charge in [-0.05, 0) is 12.3 Å². The van der Waals surface area contributed by atoms with Gasteiger partial charge in [0.2, 0.25) is 5.91 Å². The molecule has 0 aromatic carbocycles. The third-order valence-electron chi connectivity index (χ3n) is 4.62. The van der Waals surface area contributed by atoms with Gasteiger partial charge in [-0.2, -0.15) is 0 Å². The van der Waals surface area contributed by atoms with Crippen molar-refractivity contribution in [1.29, 1.82) is 0 Å². The summed E-state index contributed by atoms with van der Waals surface area (Å²) in [5.41, 5.74) is 2.51. The minimum Gasteiger partial charge on any atom is -0.484 e. The summed E-state index contributed by atoms with van der Waals surface area (Å²) in [6.07, 6.45) is 5.53. The van der Waals surface area contributed by atoms with Crippen molar-refractivity contribution in [2.75, 3.05) is 31.9 Å². The van der Waals surface area contributed by atoms with Gasteiger partial charge in [0.25, 0.3) is 0 Å². The monoisotopic (exact) mass is 414 g/mol. The molecule has 0 bridgehead atoms. The van der Waals surface area contributed by atoms with Crippen LogP contribution in [-0.2, 0) is 16.6 Å². The second-order valence-corrected chi connectivity index (χ2v) is 7.59. The number of hydrogen-bond donors (Lipinski definition) is 1. The molecular formula is C20H22N4O4S. The summed E-state index contributed by atoms with van der Waals surface area (Å²) < 4.78 is 19.3. The van der Waals surface area contributed by atoms with Gasteiger partial charge in [-0.15, -0.1) is 11.8 Å². The van der Waals surface area contributed by atoms with Crippen molar-refractivity contribution in [1.82, 2.24) is 14.5 Å². The zero-order valence-electron chi connectivity index (χ0n) is 16.7. The van der Waals surface area contributed by atoms with Crippen LogP contribution in [0.25, 0.3) is 22.2 Å². The molecule has 8 nitrogen and oxygen atoms in total. The van der Waals surface area contributed by atoms with Gasteiger partial charge in [0.15, 0.2) is 17.6 Å². The van der Waals surface area contributed by atoms with E-state index in [-0.39, 0.29) is 12.0 Å². The predicted molar refractivity (Wildman–Crippen MR) is 112 cm³/mol. The fourth-order valence-electron chi connectivity index (χ4n) is 3.37. The molecule has 0 saturated carbocycles. The van der Waals surface area contributed by atoms with Gasteiger partial charge >= 0.3 is 0 Å². The number of carbonyl (C=O) groups is 1. The van der Waals surface area contributed by atoms with Crippen molar-refractivity contribution in [3.63, 3.8) is 0 Å². The number of anilines is 1. The summed E-state index contributed by atoms with van der Waals surface area (Å²) in [7, 11) is 3.59. The SMILES string of the molecule is COCC1COc2c(cc(SC)nc2-c2cn(C)c3cnc(NC(C)=O)cc23)O1. The van der Waals surface area contributed by atoms with Gasteiger partial charge in [0, 0.05) is 44.3 Å². The minimum absolute atomic E-state index is 0.166. The zero-order valence-corrected chi connectivity index (χ0v) is 17.5. The number of amides is 1. The van der Waals surface area contributed by atoms with Crippen LogP contribution in [-0.4, -0.2) is 53.1 Å². The van der Waals surface area contributed by atoms with Crippen molar-refractivity contribution in [2.24, 2.45) is 7.05 Å². The molecule has 0 fully saturated rings. The number of pyridine rings is 2. The first-order chi connectivity index (χ1) is 14.0. The summed E-state index contributed by atoms with van der Waals surface area (Å²) in [6.45, 7) is 2.29. The first kappa shape index (κ1) is 19.5. The quantitative estimate of drug-likeness (QED) is 0.642. The molecule has 4 heterocycles. The van der Waals surface area contributed by atoms with E-state index in [9.17, 15) is 4.79 Å². The number of nitrogens with zero attached hydrogens (tertiary/aromatic N) is 3. The summed E-state index contributed by atoms with van der Waals surface area (Å²) in [5.74, 6) is 1.58. The van der Waals surface area contributed by atoms with E-state index in [1.807, 2.05) is 36.2 Å². The Balaban J connectivity index is 1.87. The molecule has 3 aromatic rings. The Bertz CT molecular complexity index is 1080. The third kappa shape index (κ3) is 3.75. The number of carbonyl (C=O) groups excluding carboxylic acids is 1. The topological polar surface area (TPSA) is 87.5 Å². The largest absolute Gasteiger partial charge is 0.484 e. The van der Waals surface area contributed by atoms with E-state index in [1.54, 1.807) is 13.3 Å². The van der Waals surface area contributed by atoms with Gasteiger partial charge < -0.3 is 24.1 Å². The van der Waals surface area contributed by atoms with Crippen LogP contribution < -0.4 is 14.8 Å². The van der Waals surface area contributed by atoms with Crippen molar-refractivity contribution in [3.05, 3.63) is 24.5 Å². The minimum atomic E-state index is -0.171. The van der Waals surface area contributed by atoms with Crippen molar-refractivity contribution >= 4 is 34.4 Å². The van der Waals surface area contributed by atoms with Gasteiger partial charge in [-0.25, -0.2) is 9.97 Å². The fraction of sp³-hybridized carbons (Fsp3) is 0.350. The first-order valence-corrected chi connectivity index (χ1v) is 10.3. The van der Waals surface area contributed by atoms with E-state index in [4.69, 9.17) is 19.2 Å². The van der Waals surface area contributed by atoms with E-state index in [0.717, 1.165) is 21.5 Å². The highest BCUT2D eigenvalue weighted by atomic mass is 32.2. The fourth-order valence-corrected chi connectivity index (χ4v) is 3.78. The summed E-state index contributed by atoms with van der Waals surface area (Å²) >= 11 is 1.53. The molecule has 29 heavy (non-hydrogen) atoms. The number of thioether (sulfide) groups is 1. The lowest BCUT2D eigenvalue weighted by atomic mass is 10.1. The molecule has 1 amide bonds. The number of ether oxygens (including phenoxy) is 3. The molecule has 0 spiro atoms. The highest BCUT2D eigenvalue weighted by Gasteiger charge is 2.27. The van der Waals surface area contributed by atoms with E-state index in [0.29, 0.717) is 36.2 Å². The average molecular weight is 414 g/mol. The Hall–Kier alpha value is -2.78.